The second-order valence-corrected chi connectivity index (χ2v) is 5.05. The van der Waals surface area contributed by atoms with E-state index in [2.05, 4.69) is 12.8 Å². The molecule has 5 nitrogen and oxygen atoms in total. The predicted molar refractivity (Wildman–Crippen MR) is 79.5 cm³/mol. The molecule has 0 aliphatic heterocycles. The molecule has 2 atom stereocenters. The Morgan fingerprint density at radius 1 is 1.10 bits per heavy atom. The molecule has 0 saturated heterocycles. The normalized spacial score (nSPS) is 13.0. The molecule has 5 heteroatoms. The van der Waals surface area contributed by atoms with Crippen LogP contribution in [0.5, 0.6) is 0 Å². The number of terminal acetylenes is 1. The minimum absolute atomic E-state index is 0.172. The average molecular weight is 298 g/mol. The highest BCUT2D eigenvalue weighted by molar-refractivity contribution is 5.72. The van der Waals surface area contributed by atoms with Crippen LogP contribution < -0.4 is 0 Å². The van der Waals surface area contributed by atoms with E-state index in [4.69, 9.17) is 20.6 Å². The molecule has 0 saturated carbocycles. The number of ether oxygens (including phenoxy) is 3. The van der Waals surface area contributed by atoms with Crippen molar-refractivity contribution in [3.63, 3.8) is 0 Å². The van der Waals surface area contributed by atoms with E-state index in [1.54, 1.807) is 14.0 Å². The molecular weight excluding hydrogens is 272 g/mol. The lowest BCUT2D eigenvalue weighted by molar-refractivity contribution is -0.146. The van der Waals surface area contributed by atoms with Gasteiger partial charge in [0.15, 0.2) is 6.10 Å². The van der Waals surface area contributed by atoms with Crippen LogP contribution in [-0.2, 0) is 23.8 Å². The molecule has 0 bridgehead atoms. The Bertz CT molecular complexity index is 345. The zero-order valence-electron chi connectivity index (χ0n) is 13.2. The lowest BCUT2D eigenvalue weighted by atomic mass is 10.1. The van der Waals surface area contributed by atoms with Gasteiger partial charge in [0.1, 0.15) is 0 Å². The molecule has 0 heterocycles. The first-order valence-corrected chi connectivity index (χ1v) is 7.29. The lowest BCUT2D eigenvalue weighted by Crippen LogP contribution is -2.14. The molecule has 0 aliphatic carbocycles. The molecular formula is C16H26O5. The molecule has 0 rings (SSSR count). The van der Waals surface area contributed by atoms with Gasteiger partial charge in [0, 0.05) is 26.6 Å². The quantitative estimate of drug-likeness (QED) is 0.433. The fraction of sp³-hybridized carbons (Fsp3) is 0.750. The van der Waals surface area contributed by atoms with Crippen LogP contribution in [0.2, 0.25) is 0 Å². The van der Waals surface area contributed by atoms with E-state index in [0.29, 0.717) is 25.6 Å². The minimum atomic E-state index is -0.530. The molecule has 0 fully saturated rings. The van der Waals surface area contributed by atoms with Crippen molar-refractivity contribution in [2.75, 3.05) is 20.3 Å². The van der Waals surface area contributed by atoms with E-state index >= 15 is 0 Å². The van der Waals surface area contributed by atoms with Gasteiger partial charge in [-0.2, -0.15) is 0 Å². The maximum atomic E-state index is 11.5. The van der Waals surface area contributed by atoms with Gasteiger partial charge in [0.2, 0.25) is 0 Å². The molecule has 0 aliphatic rings. The highest BCUT2D eigenvalue weighted by Crippen LogP contribution is 2.08. The Balaban J connectivity index is 3.59. The first kappa shape index (κ1) is 19.5. The van der Waals surface area contributed by atoms with E-state index in [1.165, 1.54) is 0 Å². The molecule has 0 aromatic carbocycles. The first-order valence-electron chi connectivity index (χ1n) is 7.29. The van der Waals surface area contributed by atoms with Gasteiger partial charge in [-0.05, 0) is 32.1 Å². The smallest absolute Gasteiger partial charge is 0.307 e. The molecule has 0 spiro atoms. The molecule has 0 radical (unpaired) electrons. The van der Waals surface area contributed by atoms with Crippen LogP contribution in [0.4, 0.5) is 0 Å². The Morgan fingerprint density at radius 2 is 1.71 bits per heavy atom. The largest absolute Gasteiger partial charge is 0.466 e. The van der Waals surface area contributed by atoms with Crippen molar-refractivity contribution in [1.82, 2.24) is 0 Å². The molecule has 0 amide bonds. The van der Waals surface area contributed by atoms with E-state index in [9.17, 15) is 9.59 Å². The SMILES string of the molecule is C#CC(C)OC(=O)CCCC(=O)OCCC(C)CCOC. The number of hydrogen-bond donors (Lipinski definition) is 0. The molecule has 2 unspecified atom stereocenters. The highest BCUT2D eigenvalue weighted by Gasteiger charge is 2.10. The summed E-state index contributed by atoms with van der Waals surface area (Å²) >= 11 is 0. The highest BCUT2D eigenvalue weighted by atomic mass is 16.5. The van der Waals surface area contributed by atoms with Gasteiger partial charge in [-0.1, -0.05) is 12.8 Å². The van der Waals surface area contributed by atoms with Crippen molar-refractivity contribution in [2.24, 2.45) is 5.92 Å². The monoisotopic (exact) mass is 298 g/mol. The fourth-order valence-electron chi connectivity index (χ4n) is 1.58. The van der Waals surface area contributed by atoms with E-state index < -0.39 is 6.10 Å². The van der Waals surface area contributed by atoms with Gasteiger partial charge >= 0.3 is 11.9 Å². The minimum Gasteiger partial charge on any atom is -0.466 e. The van der Waals surface area contributed by atoms with Crippen molar-refractivity contribution in [3.05, 3.63) is 0 Å². The lowest BCUT2D eigenvalue weighted by Gasteiger charge is -2.11. The summed E-state index contributed by atoms with van der Waals surface area (Å²) in [5.74, 6) is 2.09. The summed E-state index contributed by atoms with van der Waals surface area (Å²) in [6.07, 6.45) is 7.13. The van der Waals surface area contributed by atoms with Gasteiger partial charge in [-0.25, -0.2) is 0 Å². The van der Waals surface area contributed by atoms with Gasteiger partial charge in [-0.3, -0.25) is 9.59 Å². The third-order valence-corrected chi connectivity index (χ3v) is 2.99. The van der Waals surface area contributed by atoms with E-state index in [0.717, 1.165) is 12.8 Å². The van der Waals surface area contributed by atoms with Crippen molar-refractivity contribution >= 4 is 11.9 Å². The zero-order chi connectivity index (χ0) is 16.1. The summed E-state index contributed by atoms with van der Waals surface area (Å²) in [7, 11) is 1.67. The maximum absolute atomic E-state index is 11.5. The van der Waals surface area contributed by atoms with Crippen LogP contribution in [0.15, 0.2) is 0 Å². The summed E-state index contributed by atoms with van der Waals surface area (Å²) in [6, 6.07) is 0. The van der Waals surface area contributed by atoms with Crippen LogP contribution in [0, 0.1) is 18.3 Å². The van der Waals surface area contributed by atoms with Gasteiger partial charge in [-0.15, -0.1) is 6.42 Å². The summed E-state index contributed by atoms with van der Waals surface area (Å²) < 4.78 is 15.0. The molecule has 0 aromatic heterocycles. The van der Waals surface area contributed by atoms with Crippen molar-refractivity contribution in [2.45, 2.75) is 52.1 Å². The number of rotatable bonds is 11. The van der Waals surface area contributed by atoms with Crippen LogP contribution >= 0.6 is 0 Å². The topological polar surface area (TPSA) is 61.8 Å². The Hall–Kier alpha value is -1.54. The molecule has 0 N–H and O–H groups in total. The second kappa shape index (κ2) is 12.2. The van der Waals surface area contributed by atoms with Gasteiger partial charge in [0.05, 0.1) is 6.61 Å². The summed E-state index contributed by atoms with van der Waals surface area (Å²) in [6.45, 7) is 4.84. The number of esters is 2. The summed E-state index contributed by atoms with van der Waals surface area (Å²) in [5, 5.41) is 0. The number of hydrogen-bond acceptors (Lipinski definition) is 5. The van der Waals surface area contributed by atoms with Crippen LogP contribution in [0.3, 0.4) is 0 Å². The molecule has 21 heavy (non-hydrogen) atoms. The standard InChI is InChI=1S/C16H26O5/c1-5-14(3)21-16(18)8-6-7-15(17)20-12-10-13(2)9-11-19-4/h1,13-14H,6-12H2,2-4H3. The Labute approximate surface area is 127 Å². The van der Waals surface area contributed by atoms with E-state index in [-0.39, 0.29) is 24.8 Å². The van der Waals surface area contributed by atoms with Gasteiger partial charge < -0.3 is 14.2 Å². The Kier molecular flexibility index (Phi) is 11.3. The van der Waals surface area contributed by atoms with Crippen molar-refractivity contribution in [1.29, 1.82) is 0 Å². The van der Waals surface area contributed by atoms with Crippen LogP contribution in [0.25, 0.3) is 0 Å². The zero-order valence-corrected chi connectivity index (χ0v) is 13.2. The maximum Gasteiger partial charge on any atom is 0.307 e. The molecule has 120 valence electrons. The first-order chi connectivity index (χ1) is 9.99. The summed E-state index contributed by atoms with van der Waals surface area (Å²) in [4.78, 5) is 22.8. The average Bonchev–Trinajstić information content (AvgIpc) is 2.44. The number of methoxy groups -OCH3 is 1. The predicted octanol–water partition coefficient (Wildman–Crippen LogP) is 2.33. The van der Waals surface area contributed by atoms with E-state index in [1.807, 2.05) is 0 Å². The summed E-state index contributed by atoms with van der Waals surface area (Å²) in [5.41, 5.74) is 0. The van der Waals surface area contributed by atoms with Crippen LogP contribution in [-0.4, -0.2) is 38.4 Å². The second-order valence-electron chi connectivity index (χ2n) is 5.05. The Morgan fingerprint density at radius 3 is 2.33 bits per heavy atom. The third kappa shape index (κ3) is 11.9. The third-order valence-electron chi connectivity index (χ3n) is 2.99. The fourth-order valence-corrected chi connectivity index (χ4v) is 1.58. The number of carbonyl (C=O) groups excluding carboxylic acids is 2. The van der Waals surface area contributed by atoms with Crippen molar-refractivity contribution < 1.29 is 23.8 Å². The van der Waals surface area contributed by atoms with Crippen LogP contribution in [0.1, 0.15) is 46.0 Å². The van der Waals surface area contributed by atoms with Gasteiger partial charge in [0.25, 0.3) is 0 Å². The molecule has 0 aromatic rings. The number of carbonyl (C=O) groups is 2. The van der Waals surface area contributed by atoms with Crippen molar-refractivity contribution in [3.8, 4) is 12.3 Å².